The van der Waals surface area contributed by atoms with Crippen LogP contribution in [0.3, 0.4) is 0 Å². The van der Waals surface area contributed by atoms with Crippen LogP contribution in [0.25, 0.3) is 0 Å². The van der Waals surface area contributed by atoms with Crippen LogP contribution < -0.4 is 5.32 Å². The Bertz CT molecular complexity index is 719. The van der Waals surface area contributed by atoms with Crippen LogP contribution in [0, 0.1) is 11.8 Å². The molecule has 0 spiro atoms. The van der Waals surface area contributed by atoms with E-state index < -0.39 is 6.04 Å². The summed E-state index contributed by atoms with van der Waals surface area (Å²) in [7, 11) is 1.75. The van der Waals surface area contributed by atoms with Crippen LogP contribution in [0.4, 0.5) is 0 Å². The van der Waals surface area contributed by atoms with Crippen molar-refractivity contribution in [2.24, 2.45) is 11.8 Å². The number of hydrogen-bond acceptors (Lipinski definition) is 5. The zero-order valence-corrected chi connectivity index (χ0v) is 23.7. The minimum absolute atomic E-state index is 0.0483. The van der Waals surface area contributed by atoms with Crippen LogP contribution in [0.2, 0.25) is 0 Å². The Morgan fingerprint density at radius 3 is 2.29 bits per heavy atom. The van der Waals surface area contributed by atoms with Gasteiger partial charge in [-0.3, -0.25) is 14.5 Å². The molecule has 1 fully saturated rings. The van der Waals surface area contributed by atoms with Gasteiger partial charge in [0, 0.05) is 18.7 Å². The van der Waals surface area contributed by atoms with Crippen molar-refractivity contribution in [1.29, 1.82) is 0 Å². The molecule has 202 valence electrons. The lowest BCUT2D eigenvalue weighted by Gasteiger charge is -2.40. The Balaban J connectivity index is 3.05. The summed E-state index contributed by atoms with van der Waals surface area (Å²) in [5.74, 6) is -0.534. The van der Waals surface area contributed by atoms with Crippen LogP contribution >= 0.6 is 0 Å². The number of nitrogens with zero attached hydrogens (tertiary/aromatic N) is 2. The zero-order chi connectivity index (χ0) is 26.7. The molecule has 2 amide bonds. The highest BCUT2D eigenvalue weighted by Crippen LogP contribution is 2.23. The van der Waals surface area contributed by atoms with Crippen molar-refractivity contribution >= 4 is 17.8 Å². The molecule has 0 aromatic rings. The monoisotopic (exact) mass is 493 g/mol. The maximum absolute atomic E-state index is 13.6. The lowest BCUT2D eigenvalue weighted by molar-refractivity contribution is -0.140. The van der Waals surface area contributed by atoms with Crippen molar-refractivity contribution < 1.29 is 19.1 Å². The number of hydrogen-bond donors (Lipinski definition) is 1. The Hall–Kier alpha value is -1.89. The number of likely N-dealkylation sites (N-methyl/N-ethyl adjacent to an activating group) is 1. The van der Waals surface area contributed by atoms with Crippen LogP contribution in [-0.2, 0) is 19.1 Å². The van der Waals surface area contributed by atoms with Gasteiger partial charge in [-0.05, 0) is 58.4 Å². The Morgan fingerprint density at radius 2 is 1.74 bits per heavy atom. The van der Waals surface area contributed by atoms with Gasteiger partial charge in [0.25, 0.3) is 0 Å². The minimum Gasteiger partial charge on any atom is -0.463 e. The molecule has 7 heteroatoms. The standard InChI is InChI=1S/C28H51N3O4/c1-10-12-15-22(8)31-17-14-13-16-23(31)26(32)29-25(20(5)6)27(33)30(9)24(19(3)4)18-21(7)28(34)35-11-2/h18-20,22-25H,10-17H2,1-9H3,(H,29,32)/b21-18+. The number of ether oxygens (including phenoxy) is 1. The second-order valence-electron chi connectivity index (χ2n) is 10.7. The first-order chi connectivity index (χ1) is 16.5. The van der Waals surface area contributed by atoms with Crippen LogP contribution in [0.5, 0.6) is 0 Å². The first kappa shape index (κ1) is 31.1. The smallest absolute Gasteiger partial charge is 0.333 e. The van der Waals surface area contributed by atoms with Crippen LogP contribution in [-0.4, -0.2) is 72.0 Å². The highest BCUT2D eigenvalue weighted by molar-refractivity contribution is 5.91. The molecule has 0 aliphatic carbocycles. The fourth-order valence-corrected chi connectivity index (χ4v) is 4.88. The number of carbonyl (C=O) groups is 3. The molecule has 1 rings (SSSR count). The third kappa shape index (κ3) is 9.25. The van der Waals surface area contributed by atoms with Crippen molar-refractivity contribution in [1.82, 2.24) is 15.1 Å². The number of piperidine rings is 1. The second-order valence-corrected chi connectivity index (χ2v) is 10.7. The van der Waals surface area contributed by atoms with Gasteiger partial charge in [0.15, 0.2) is 0 Å². The van der Waals surface area contributed by atoms with Gasteiger partial charge < -0.3 is 15.0 Å². The molecule has 0 bridgehead atoms. The summed E-state index contributed by atoms with van der Waals surface area (Å²) < 4.78 is 5.11. The van der Waals surface area contributed by atoms with Crippen LogP contribution in [0.1, 0.15) is 93.9 Å². The van der Waals surface area contributed by atoms with Gasteiger partial charge >= 0.3 is 5.97 Å². The summed E-state index contributed by atoms with van der Waals surface area (Å²) in [5, 5.41) is 3.11. The molecule has 4 unspecified atom stereocenters. The summed E-state index contributed by atoms with van der Waals surface area (Å²) in [6.07, 6.45) is 8.15. The summed E-state index contributed by atoms with van der Waals surface area (Å²) in [6, 6.07) is -0.755. The summed E-state index contributed by atoms with van der Waals surface area (Å²) in [5.41, 5.74) is 0.481. The lowest BCUT2D eigenvalue weighted by atomic mass is 9.95. The Kier molecular flexibility index (Phi) is 13.6. The van der Waals surface area contributed by atoms with Gasteiger partial charge in [-0.2, -0.15) is 0 Å². The van der Waals surface area contributed by atoms with Crippen molar-refractivity contribution in [2.45, 2.75) is 118 Å². The van der Waals surface area contributed by atoms with Crippen molar-refractivity contribution in [2.75, 3.05) is 20.2 Å². The highest BCUT2D eigenvalue weighted by Gasteiger charge is 2.36. The van der Waals surface area contributed by atoms with E-state index in [1.54, 1.807) is 31.9 Å². The fourth-order valence-electron chi connectivity index (χ4n) is 4.88. The molecule has 1 aliphatic rings. The van der Waals surface area contributed by atoms with Gasteiger partial charge in [-0.25, -0.2) is 4.79 Å². The van der Waals surface area contributed by atoms with Gasteiger partial charge in [-0.15, -0.1) is 0 Å². The highest BCUT2D eigenvalue weighted by atomic mass is 16.5. The molecule has 0 aromatic carbocycles. The fraction of sp³-hybridized carbons (Fsp3) is 0.821. The maximum atomic E-state index is 13.6. The van der Waals surface area contributed by atoms with E-state index in [1.165, 1.54) is 0 Å². The van der Waals surface area contributed by atoms with Gasteiger partial charge in [-0.1, -0.05) is 60.0 Å². The molecule has 1 aliphatic heterocycles. The largest absolute Gasteiger partial charge is 0.463 e. The Labute approximate surface area is 214 Å². The topological polar surface area (TPSA) is 79.0 Å². The van der Waals surface area contributed by atoms with E-state index in [4.69, 9.17) is 4.74 Å². The summed E-state index contributed by atoms with van der Waals surface area (Å²) in [4.78, 5) is 43.3. The molecule has 1 heterocycles. The van der Waals surface area contributed by atoms with E-state index in [0.29, 0.717) is 18.2 Å². The molecular weight excluding hydrogens is 442 g/mol. The van der Waals surface area contributed by atoms with Gasteiger partial charge in [0.05, 0.1) is 18.7 Å². The number of likely N-dealkylation sites (tertiary alicyclic amines) is 1. The quantitative estimate of drug-likeness (QED) is 0.301. The Morgan fingerprint density at radius 1 is 1.09 bits per heavy atom. The molecular formula is C28H51N3O4. The maximum Gasteiger partial charge on any atom is 0.333 e. The van der Waals surface area contributed by atoms with Gasteiger partial charge in [0.2, 0.25) is 11.8 Å². The first-order valence-electron chi connectivity index (χ1n) is 13.6. The van der Waals surface area contributed by atoms with Crippen molar-refractivity contribution in [3.63, 3.8) is 0 Å². The number of nitrogens with one attached hydrogen (secondary N) is 1. The van der Waals surface area contributed by atoms with Gasteiger partial charge in [0.1, 0.15) is 6.04 Å². The second kappa shape index (κ2) is 15.3. The number of rotatable bonds is 13. The van der Waals surface area contributed by atoms with E-state index in [9.17, 15) is 14.4 Å². The molecule has 7 nitrogen and oxygen atoms in total. The van der Waals surface area contributed by atoms with E-state index in [2.05, 4.69) is 24.1 Å². The number of carbonyl (C=O) groups excluding carboxylic acids is 3. The molecule has 0 radical (unpaired) electrons. The minimum atomic E-state index is -0.625. The molecule has 1 N–H and O–H groups in total. The summed E-state index contributed by atoms with van der Waals surface area (Å²) >= 11 is 0. The molecule has 0 saturated carbocycles. The molecule has 35 heavy (non-hydrogen) atoms. The number of esters is 1. The average molecular weight is 494 g/mol. The average Bonchev–Trinajstić information content (AvgIpc) is 2.82. The molecule has 4 atom stereocenters. The first-order valence-corrected chi connectivity index (χ1v) is 13.6. The predicted octanol–water partition coefficient (Wildman–Crippen LogP) is 4.55. The van der Waals surface area contributed by atoms with E-state index in [0.717, 1.165) is 45.1 Å². The zero-order valence-electron chi connectivity index (χ0n) is 23.7. The lowest BCUT2D eigenvalue weighted by Crippen LogP contribution is -2.59. The number of amides is 2. The normalized spacial score (nSPS) is 19.9. The number of unbranched alkanes of at least 4 members (excludes halogenated alkanes) is 1. The van der Waals surface area contributed by atoms with E-state index >= 15 is 0 Å². The molecule has 0 aromatic heterocycles. The van der Waals surface area contributed by atoms with Crippen molar-refractivity contribution in [3.05, 3.63) is 11.6 Å². The van der Waals surface area contributed by atoms with E-state index in [1.807, 2.05) is 27.7 Å². The third-order valence-electron chi connectivity index (χ3n) is 7.11. The van der Waals surface area contributed by atoms with Crippen molar-refractivity contribution in [3.8, 4) is 0 Å². The SMILES string of the molecule is CCCCC(C)N1CCCCC1C(=O)NC(C(=O)N(C)C(/C=C(\C)C(=O)OCC)C(C)C)C(C)C. The third-order valence-corrected chi connectivity index (χ3v) is 7.11. The predicted molar refractivity (Wildman–Crippen MR) is 142 cm³/mol. The summed E-state index contributed by atoms with van der Waals surface area (Å²) in [6.45, 7) is 17.1. The van der Waals surface area contributed by atoms with E-state index in [-0.39, 0.29) is 41.7 Å². The molecule has 1 saturated heterocycles. The van der Waals surface area contributed by atoms with Crippen LogP contribution in [0.15, 0.2) is 11.6 Å².